The van der Waals surface area contributed by atoms with Gasteiger partial charge in [-0.05, 0) is 18.4 Å². The van der Waals surface area contributed by atoms with Gasteiger partial charge in [0.2, 0.25) is 11.8 Å². The van der Waals surface area contributed by atoms with E-state index < -0.39 is 0 Å². The number of nitrogens with zero attached hydrogens (tertiary/aromatic N) is 3. The molecule has 0 bridgehead atoms. The molecule has 5 heteroatoms. The van der Waals surface area contributed by atoms with E-state index in [-0.39, 0.29) is 23.3 Å². The summed E-state index contributed by atoms with van der Waals surface area (Å²) in [6.45, 7) is 10.6. The predicted octanol–water partition coefficient (Wildman–Crippen LogP) is 2.37. The molecule has 2 heterocycles. The normalized spacial score (nSPS) is 22.6. The molecule has 0 spiro atoms. The zero-order chi connectivity index (χ0) is 18.7. The average molecular weight is 357 g/mol. The van der Waals surface area contributed by atoms with Crippen LogP contribution in [0.5, 0.6) is 0 Å². The number of hydrogen-bond donors (Lipinski definition) is 0. The Hall–Kier alpha value is -1.88. The van der Waals surface area contributed by atoms with E-state index in [2.05, 4.69) is 17.0 Å². The number of amides is 2. The fourth-order valence-corrected chi connectivity index (χ4v) is 3.95. The lowest BCUT2D eigenvalue weighted by Crippen LogP contribution is -2.45. The van der Waals surface area contributed by atoms with Crippen LogP contribution in [-0.2, 0) is 16.1 Å². The summed E-state index contributed by atoms with van der Waals surface area (Å²) in [5.41, 5.74) is 0.837. The summed E-state index contributed by atoms with van der Waals surface area (Å²) >= 11 is 0. The average Bonchev–Trinajstić information content (AvgIpc) is 2.83. The number of hydrogen-bond acceptors (Lipinski definition) is 3. The van der Waals surface area contributed by atoms with Gasteiger partial charge in [-0.25, -0.2) is 0 Å². The Morgan fingerprint density at radius 1 is 1.04 bits per heavy atom. The maximum atomic E-state index is 12.9. The van der Waals surface area contributed by atoms with Crippen molar-refractivity contribution in [1.82, 2.24) is 14.7 Å². The first-order valence-corrected chi connectivity index (χ1v) is 9.72. The molecule has 5 nitrogen and oxygen atoms in total. The van der Waals surface area contributed by atoms with Crippen LogP contribution in [0.3, 0.4) is 0 Å². The Morgan fingerprint density at radius 2 is 1.77 bits per heavy atom. The van der Waals surface area contributed by atoms with Gasteiger partial charge in [0, 0.05) is 44.7 Å². The largest absolute Gasteiger partial charge is 0.341 e. The molecule has 2 aliphatic rings. The first-order chi connectivity index (χ1) is 12.4. The van der Waals surface area contributed by atoms with E-state index in [0.29, 0.717) is 6.54 Å². The first-order valence-electron chi connectivity index (χ1n) is 9.72. The van der Waals surface area contributed by atoms with Crippen LogP contribution in [0.1, 0.15) is 39.2 Å². The van der Waals surface area contributed by atoms with E-state index >= 15 is 0 Å². The molecular weight excluding hydrogens is 326 g/mol. The van der Waals surface area contributed by atoms with Crippen molar-refractivity contribution >= 4 is 11.8 Å². The van der Waals surface area contributed by atoms with E-state index in [1.54, 1.807) is 0 Å². The van der Waals surface area contributed by atoms with Gasteiger partial charge in [-0.2, -0.15) is 0 Å². The van der Waals surface area contributed by atoms with Crippen molar-refractivity contribution in [1.29, 1.82) is 0 Å². The summed E-state index contributed by atoms with van der Waals surface area (Å²) in [7, 11) is 0. The Bertz CT molecular complexity index is 638. The molecular formula is C21H31N3O2. The van der Waals surface area contributed by atoms with Gasteiger partial charge < -0.3 is 9.80 Å². The number of carbonyl (C=O) groups is 2. The summed E-state index contributed by atoms with van der Waals surface area (Å²) in [4.78, 5) is 31.7. The third-order valence-corrected chi connectivity index (χ3v) is 5.39. The molecule has 2 aliphatic heterocycles. The molecule has 142 valence electrons. The smallest absolute Gasteiger partial charge is 0.240 e. The van der Waals surface area contributed by atoms with Crippen molar-refractivity contribution in [3.63, 3.8) is 0 Å². The fourth-order valence-electron chi connectivity index (χ4n) is 3.95. The number of rotatable bonds is 3. The van der Waals surface area contributed by atoms with E-state index in [1.807, 2.05) is 48.8 Å². The number of benzene rings is 1. The van der Waals surface area contributed by atoms with Gasteiger partial charge in [-0.1, -0.05) is 51.1 Å². The van der Waals surface area contributed by atoms with Gasteiger partial charge in [0.15, 0.2) is 0 Å². The standard InChI is InChI=1S/C21H31N3O2/c1-21(2,3)20(26)23-12-7-11-22(14-15-23)18-10-13-24(19(18)25)16-17-8-5-4-6-9-17/h4-6,8-9,18H,7,10-16H2,1-3H3/t18-/m0/s1. The summed E-state index contributed by atoms with van der Waals surface area (Å²) < 4.78 is 0. The van der Waals surface area contributed by atoms with Crippen molar-refractivity contribution in [2.24, 2.45) is 5.41 Å². The first kappa shape index (κ1) is 18.9. The summed E-state index contributed by atoms with van der Waals surface area (Å²) in [6, 6.07) is 10.2. The molecule has 1 aromatic carbocycles. The zero-order valence-corrected chi connectivity index (χ0v) is 16.3. The maximum Gasteiger partial charge on any atom is 0.240 e. The highest BCUT2D eigenvalue weighted by atomic mass is 16.2. The molecule has 26 heavy (non-hydrogen) atoms. The molecule has 2 saturated heterocycles. The molecule has 0 radical (unpaired) electrons. The van der Waals surface area contributed by atoms with E-state index in [0.717, 1.165) is 45.6 Å². The molecule has 1 atom stereocenters. The van der Waals surface area contributed by atoms with Crippen LogP contribution in [0.25, 0.3) is 0 Å². The molecule has 2 amide bonds. The van der Waals surface area contributed by atoms with Gasteiger partial charge >= 0.3 is 0 Å². The maximum absolute atomic E-state index is 12.9. The van der Waals surface area contributed by atoms with Crippen LogP contribution >= 0.6 is 0 Å². The third kappa shape index (κ3) is 4.26. The van der Waals surface area contributed by atoms with Crippen LogP contribution in [-0.4, -0.2) is 65.3 Å². The van der Waals surface area contributed by atoms with Crippen molar-refractivity contribution in [2.45, 2.75) is 46.2 Å². The molecule has 1 aromatic rings. The predicted molar refractivity (Wildman–Crippen MR) is 102 cm³/mol. The fraction of sp³-hybridized carbons (Fsp3) is 0.619. The highest BCUT2D eigenvalue weighted by Crippen LogP contribution is 2.23. The highest BCUT2D eigenvalue weighted by Gasteiger charge is 2.37. The highest BCUT2D eigenvalue weighted by molar-refractivity contribution is 5.84. The molecule has 0 aromatic heterocycles. The third-order valence-electron chi connectivity index (χ3n) is 5.39. The van der Waals surface area contributed by atoms with Gasteiger partial charge in [0.05, 0.1) is 6.04 Å². The number of carbonyl (C=O) groups excluding carboxylic acids is 2. The minimum absolute atomic E-state index is 0.0246. The van der Waals surface area contributed by atoms with Gasteiger partial charge in [0.25, 0.3) is 0 Å². The quantitative estimate of drug-likeness (QED) is 0.834. The molecule has 0 N–H and O–H groups in total. The Labute approximate surface area is 156 Å². The van der Waals surface area contributed by atoms with Crippen molar-refractivity contribution in [3.05, 3.63) is 35.9 Å². The topological polar surface area (TPSA) is 43.9 Å². The summed E-state index contributed by atoms with van der Waals surface area (Å²) in [5.74, 6) is 0.451. The molecule has 3 rings (SSSR count). The lowest BCUT2D eigenvalue weighted by molar-refractivity contribution is -0.139. The van der Waals surface area contributed by atoms with Crippen LogP contribution in [0.15, 0.2) is 30.3 Å². The number of likely N-dealkylation sites (tertiary alicyclic amines) is 1. The van der Waals surface area contributed by atoms with E-state index in [9.17, 15) is 9.59 Å². The SMILES string of the molecule is CC(C)(C)C(=O)N1CCCN([C@H]2CCN(Cc3ccccc3)C2=O)CC1. The summed E-state index contributed by atoms with van der Waals surface area (Å²) in [5, 5.41) is 0. The molecule has 2 fully saturated rings. The zero-order valence-electron chi connectivity index (χ0n) is 16.3. The monoisotopic (exact) mass is 357 g/mol. The molecule has 0 aliphatic carbocycles. The minimum atomic E-state index is -0.342. The molecule has 0 unspecified atom stereocenters. The van der Waals surface area contributed by atoms with Crippen LogP contribution in [0.4, 0.5) is 0 Å². The van der Waals surface area contributed by atoms with Crippen molar-refractivity contribution in [3.8, 4) is 0 Å². The van der Waals surface area contributed by atoms with Gasteiger partial charge in [-0.15, -0.1) is 0 Å². The van der Waals surface area contributed by atoms with Crippen LogP contribution < -0.4 is 0 Å². The Morgan fingerprint density at radius 3 is 2.46 bits per heavy atom. The summed E-state index contributed by atoms with van der Waals surface area (Å²) in [6.07, 6.45) is 1.82. The second-order valence-corrected chi connectivity index (χ2v) is 8.48. The minimum Gasteiger partial charge on any atom is -0.341 e. The van der Waals surface area contributed by atoms with Crippen LogP contribution in [0, 0.1) is 5.41 Å². The Balaban J connectivity index is 1.58. The van der Waals surface area contributed by atoms with E-state index in [1.165, 1.54) is 5.56 Å². The Kier molecular flexibility index (Phi) is 5.66. The molecule has 0 saturated carbocycles. The second-order valence-electron chi connectivity index (χ2n) is 8.48. The lowest BCUT2D eigenvalue weighted by atomic mass is 9.94. The lowest BCUT2D eigenvalue weighted by Gasteiger charge is -2.29. The van der Waals surface area contributed by atoms with Crippen molar-refractivity contribution < 1.29 is 9.59 Å². The van der Waals surface area contributed by atoms with Crippen LogP contribution in [0.2, 0.25) is 0 Å². The van der Waals surface area contributed by atoms with Crippen molar-refractivity contribution in [2.75, 3.05) is 32.7 Å². The van der Waals surface area contributed by atoms with Gasteiger partial charge in [0.1, 0.15) is 0 Å². The van der Waals surface area contributed by atoms with E-state index in [4.69, 9.17) is 0 Å². The van der Waals surface area contributed by atoms with Gasteiger partial charge in [-0.3, -0.25) is 14.5 Å². The second kappa shape index (κ2) is 7.78.